The van der Waals surface area contributed by atoms with Crippen molar-refractivity contribution in [1.82, 2.24) is 0 Å². The second-order valence-electron chi connectivity index (χ2n) is 3.98. The maximum Gasteiger partial charge on any atom is 0.146 e. The molecule has 0 spiro atoms. The van der Waals surface area contributed by atoms with Gasteiger partial charge in [-0.3, -0.25) is 0 Å². The zero-order valence-electron chi connectivity index (χ0n) is 9.81. The maximum atomic E-state index is 13.7. The van der Waals surface area contributed by atoms with Crippen LogP contribution in [0.25, 0.3) is 0 Å². The van der Waals surface area contributed by atoms with E-state index in [2.05, 4.69) is 21.2 Å². The highest BCUT2D eigenvalue weighted by atomic mass is 79.9. The first-order chi connectivity index (χ1) is 8.59. The molecule has 0 heterocycles. The second kappa shape index (κ2) is 5.72. The van der Waals surface area contributed by atoms with E-state index in [4.69, 9.17) is 11.6 Å². The minimum absolute atomic E-state index is 0.153. The Kier molecular flexibility index (Phi) is 4.25. The van der Waals surface area contributed by atoms with Crippen LogP contribution in [0.1, 0.15) is 11.1 Å². The summed E-state index contributed by atoms with van der Waals surface area (Å²) in [6, 6.07) is 10.9. The largest absolute Gasteiger partial charge is 0.381 e. The fraction of sp³-hybridized carbons (Fsp3) is 0.143. The van der Waals surface area contributed by atoms with E-state index in [9.17, 15) is 4.39 Å². The Morgan fingerprint density at radius 3 is 2.72 bits per heavy atom. The molecular weight excluding hydrogens is 317 g/mol. The van der Waals surface area contributed by atoms with Crippen molar-refractivity contribution in [3.63, 3.8) is 0 Å². The molecule has 0 aliphatic rings. The molecule has 94 valence electrons. The summed E-state index contributed by atoms with van der Waals surface area (Å²) >= 11 is 9.20. The topological polar surface area (TPSA) is 12.0 Å². The summed E-state index contributed by atoms with van der Waals surface area (Å²) in [4.78, 5) is 0. The Labute approximate surface area is 119 Å². The number of hydrogen-bond acceptors (Lipinski definition) is 1. The van der Waals surface area contributed by atoms with Gasteiger partial charge in [0.05, 0.1) is 5.02 Å². The molecule has 1 N–H and O–H groups in total. The average molecular weight is 329 g/mol. The Hall–Kier alpha value is -1.06. The lowest BCUT2D eigenvalue weighted by Gasteiger charge is -2.11. The van der Waals surface area contributed by atoms with Gasteiger partial charge in [-0.05, 0) is 30.7 Å². The van der Waals surface area contributed by atoms with Gasteiger partial charge < -0.3 is 5.32 Å². The summed E-state index contributed by atoms with van der Waals surface area (Å²) in [5.41, 5.74) is 2.63. The number of anilines is 1. The van der Waals surface area contributed by atoms with E-state index in [1.807, 2.05) is 25.1 Å². The summed E-state index contributed by atoms with van der Waals surface area (Å²) in [6.45, 7) is 2.41. The van der Waals surface area contributed by atoms with E-state index in [0.29, 0.717) is 12.1 Å². The highest BCUT2D eigenvalue weighted by Gasteiger charge is 2.07. The van der Waals surface area contributed by atoms with Crippen LogP contribution in [0.3, 0.4) is 0 Å². The molecule has 18 heavy (non-hydrogen) atoms. The van der Waals surface area contributed by atoms with E-state index in [1.165, 1.54) is 0 Å². The zero-order chi connectivity index (χ0) is 13.1. The van der Waals surface area contributed by atoms with Gasteiger partial charge in [0.2, 0.25) is 0 Å². The van der Waals surface area contributed by atoms with Crippen molar-refractivity contribution in [1.29, 1.82) is 0 Å². The van der Waals surface area contributed by atoms with Crippen molar-refractivity contribution in [3.8, 4) is 0 Å². The first-order valence-corrected chi connectivity index (χ1v) is 6.68. The third-order valence-corrected chi connectivity index (χ3v) is 3.92. The van der Waals surface area contributed by atoms with Crippen LogP contribution in [-0.4, -0.2) is 0 Å². The SMILES string of the molecule is Cc1c(Br)cccc1NCc1cccc(Cl)c1F. The third kappa shape index (κ3) is 2.85. The molecule has 0 aromatic heterocycles. The second-order valence-corrected chi connectivity index (χ2v) is 5.24. The molecule has 0 saturated carbocycles. The molecule has 1 nitrogen and oxygen atoms in total. The van der Waals surface area contributed by atoms with Crippen LogP contribution in [0.15, 0.2) is 40.9 Å². The molecule has 4 heteroatoms. The van der Waals surface area contributed by atoms with Gasteiger partial charge in [0.1, 0.15) is 5.82 Å². The molecule has 2 aromatic rings. The van der Waals surface area contributed by atoms with E-state index >= 15 is 0 Å². The van der Waals surface area contributed by atoms with Gasteiger partial charge in [-0.1, -0.05) is 45.7 Å². The molecule has 0 unspecified atom stereocenters. The van der Waals surface area contributed by atoms with E-state index in [-0.39, 0.29) is 10.8 Å². The molecular formula is C14H12BrClFN. The van der Waals surface area contributed by atoms with Crippen molar-refractivity contribution >= 4 is 33.2 Å². The van der Waals surface area contributed by atoms with Gasteiger partial charge in [-0.2, -0.15) is 0 Å². The highest BCUT2D eigenvalue weighted by Crippen LogP contribution is 2.25. The Morgan fingerprint density at radius 1 is 1.22 bits per heavy atom. The van der Waals surface area contributed by atoms with Crippen LogP contribution in [0.4, 0.5) is 10.1 Å². The summed E-state index contributed by atoms with van der Waals surface area (Å²) in [5.74, 6) is -0.362. The first kappa shape index (κ1) is 13.4. The fourth-order valence-electron chi connectivity index (χ4n) is 1.67. The van der Waals surface area contributed by atoms with Gasteiger partial charge >= 0.3 is 0 Å². The van der Waals surface area contributed by atoms with Gasteiger partial charge in [0, 0.05) is 22.3 Å². The van der Waals surface area contributed by atoms with Crippen LogP contribution in [-0.2, 0) is 6.54 Å². The van der Waals surface area contributed by atoms with Crippen molar-refractivity contribution in [3.05, 3.63) is 62.8 Å². The monoisotopic (exact) mass is 327 g/mol. The van der Waals surface area contributed by atoms with Crippen LogP contribution in [0, 0.1) is 12.7 Å². The highest BCUT2D eigenvalue weighted by molar-refractivity contribution is 9.10. The van der Waals surface area contributed by atoms with E-state index in [0.717, 1.165) is 15.7 Å². The lowest BCUT2D eigenvalue weighted by molar-refractivity contribution is 0.613. The molecule has 2 aromatic carbocycles. The van der Waals surface area contributed by atoms with E-state index < -0.39 is 0 Å². The minimum Gasteiger partial charge on any atom is -0.381 e. The molecule has 0 atom stereocenters. The first-order valence-electron chi connectivity index (χ1n) is 5.51. The van der Waals surface area contributed by atoms with Crippen molar-refractivity contribution < 1.29 is 4.39 Å². The maximum absolute atomic E-state index is 13.7. The van der Waals surface area contributed by atoms with Gasteiger partial charge in [-0.15, -0.1) is 0 Å². The fourth-order valence-corrected chi connectivity index (χ4v) is 2.23. The van der Waals surface area contributed by atoms with Crippen molar-refractivity contribution in [2.24, 2.45) is 0 Å². The summed E-state index contributed by atoms with van der Waals surface area (Å²) < 4.78 is 14.7. The number of halogens is 3. The molecule has 2 rings (SSSR count). The lowest BCUT2D eigenvalue weighted by Crippen LogP contribution is -2.03. The smallest absolute Gasteiger partial charge is 0.146 e. The average Bonchev–Trinajstić information content (AvgIpc) is 2.36. The summed E-state index contributed by atoms with van der Waals surface area (Å²) in [6.07, 6.45) is 0. The lowest BCUT2D eigenvalue weighted by atomic mass is 10.1. The van der Waals surface area contributed by atoms with Crippen LogP contribution in [0.2, 0.25) is 5.02 Å². The molecule has 0 radical (unpaired) electrons. The van der Waals surface area contributed by atoms with E-state index in [1.54, 1.807) is 18.2 Å². The van der Waals surface area contributed by atoms with Gasteiger partial charge in [-0.25, -0.2) is 4.39 Å². The predicted octanol–water partition coefficient (Wildman–Crippen LogP) is 5.16. The standard InChI is InChI=1S/C14H12BrClFN/c1-9-11(15)5-3-7-13(9)18-8-10-4-2-6-12(16)14(10)17/h2-7,18H,8H2,1H3. The molecule has 0 amide bonds. The Balaban J connectivity index is 2.17. The Morgan fingerprint density at radius 2 is 1.94 bits per heavy atom. The number of rotatable bonds is 3. The zero-order valence-corrected chi connectivity index (χ0v) is 12.1. The predicted molar refractivity (Wildman–Crippen MR) is 77.6 cm³/mol. The normalized spacial score (nSPS) is 10.4. The molecule has 0 aliphatic heterocycles. The van der Waals surface area contributed by atoms with Crippen LogP contribution >= 0.6 is 27.5 Å². The van der Waals surface area contributed by atoms with Crippen LogP contribution < -0.4 is 5.32 Å². The summed E-state index contributed by atoms with van der Waals surface area (Å²) in [7, 11) is 0. The van der Waals surface area contributed by atoms with Gasteiger partial charge in [0.25, 0.3) is 0 Å². The molecule has 0 fully saturated rings. The molecule has 0 saturated heterocycles. The summed E-state index contributed by atoms with van der Waals surface area (Å²) in [5, 5.41) is 3.36. The number of hydrogen-bond donors (Lipinski definition) is 1. The van der Waals surface area contributed by atoms with Crippen molar-refractivity contribution in [2.45, 2.75) is 13.5 Å². The van der Waals surface area contributed by atoms with Crippen molar-refractivity contribution in [2.75, 3.05) is 5.32 Å². The number of nitrogens with one attached hydrogen (secondary N) is 1. The minimum atomic E-state index is -0.362. The Bertz CT molecular complexity index is 520. The van der Waals surface area contributed by atoms with Gasteiger partial charge in [0.15, 0.2) is 0 Å². The molecule has 0 aliphatic carbocycles. The quantitative estimate of drug-likeness (QED) is 0.820. The number of benzene rings is 2. The molecule has 0 bridgehead atoms. The van der Waals surface area contributed by atoms with Crippen LogP contribution in [0.5, 0.6) is 0 Å². The third-order valence-electron chi connectivity index (χ3n) is 2.77.